The largest absolute Gasteiger partial charge is 0.461 e. The van der Waals surface area contributed by atoms with Crippen LogP contribution in [0.15, 0.2) is 113 Å². The number of nitrogens with zero attached hydrogens (tertiary/aromatic N) is 3. The van der Waals surface area contributed by atoms with Gasteiger partial charge in [-0.1, -0.05) is 96.2 Å². The molecule has 6 rings (SSSR count). The van der Waals surface area contributed by atoms with E-state index in [1.807, 2.05) is 54.6 Å². The highest BCUT2D eigenvalue weighted by Crippen LogP contribution is 2.42. The number of amides is 2. The van der Waals surface area contributed by atoms with Crippen LogP contribution in [0, 0.1) is 0 Å². The maximum Gasteiger partial charge on any atom is 0.355 e. The van der Waals surface area contributed by atoms with Crippen molar-refractivity contribution in [1.29, 1.82) is 0 Å². The van der Waals surface area contributed by atoms with Gasteiger partial charge in [-0.25, -0.2) is 9.78 Å². The van der Waals surface area contributed by atoms with Crippen molar-refractivity contribution in [3.63, 3.8) is 0 Å². The van der Waals surface area contributed by atoms with E-state index in [9.17, 15) is 19.2 Å². The Morgan fingerprint density at radius 2 is 1.49 bits per heavy atom. The van der Waals surface area contributed by atoms with E-state index in [4.69, 9.17) is 19.3 Å². The SMILES string of the molecule is CO/N=C(\C(=O)NC1C(=O)N2C(C(=O)OC(C)(C)C)=C(COC(C)=O)CS[C@H]12)c1csc(NC(c2ccccc2)(c2ccccc2)c2ccccc2)n1. The molecule has 14 heteroatoms. The Bertz CT molecular complexity index is 1950. The molecule has 0 saturated carbocycles. The normalized spacial score (nSPS) is 17.3. The minimum Gasteiger partial charge on any atom is -0.461 e. The quantitative estimate of drug-likeness (QED) is 0.0629. The first-order valence-electron chi connectivity index (χ1n) is 16.8. The molecular formula is C39H39N5O7S2. The number of anilines is 1. The number of hydrogen-bond acceptors (Lipinski definition) is 12. The predicted molar refractivity (Wildman–Crippen MR) is 203 cm³/mol. The third-order valence-electron chi connectivity index (χ3n) is 8.44. The molecule has 1 fully saturated rings. The van der Waals surface area contributed by atoms with Crippen LogP contribution in [0.3, 0.4) is 0 Å². The second-order valence-corrected chi connectivity index (χ2v) is 15.2. The molecular weight excluding hydrogens is 715 g/mol. The van der Waals surface area contributed by atoms with Crippen LogP contribution in [-0.2, 0) is 39.0 Å². The molecule has 2 amide bonds. The Hall–Kier alpha value is -5.47. The maximum atomic E-state index is 13.8. The van der Waals surface area contributed by atoms with E-state index >= 15 is 0 Å². The van der Waals surface area contributed by atoms with Gasteiger partial charge in [0.1, 0.15) is 47.7 Å². The number of esters is 2. The Balaban J connectivity index is 1.27. The number of carbonyl (C=O) groups excluding carboxylic acids is 4. The topological polar surface area (TPSA) is 149 Å². The number of thiazole rings is 1. The number of hydrogen-bond donors (Lipinski definition) is 2. The van der Waals surface area contributed by atoms with Crippen molar-refractivity contribution < 1.29 is 33.5 Å². The molecule has 2 atom stereocenters. The van der Waals surface area contributed by atoms with E-state index in [0.29, 0.717) is 10.7 Å². The summed E-state index contributed by atoms with van der Waals surface area (Å²) >= 11 is 2.62. The van der Waals surface area contributed by atoms with Gasteiger partial charge in [0.05, 0.1) is 0 Å². The van der Waals surface area contributed by atoms with E-state index in [-0.39, 0.29) is 29.5 Å². The van der Waals surface area contributed by atoms with Crippen LogP contribution in [-0.4, -0.2) is 75.8 Å². The molecule has 0 bridgehead atoms. The lowest BCUT2D eigenvalue weighted by Gasteiger charge is -2.49. The number of benzene rings is 3. The molecule has 2 aliphatic rings. The summed E-state index contributed by atoms with van der Waals surface area (Å²) in [7, 11) is 1.32. The first-order chi connectivity index (χ1) is 25.4. The second-order valence-electron chi connectivity index (χ2n) is 13.2. The van der Waals surface area contributed by atoms with Gasteiger partial charge < -0.3 is 24.9 Å². The van der Waals surface area contributed by atoms with E-state index < -0.39 is 46.3 Å². The summed E-state index contributed by atoms with van der Waals surface area (Å²) in [5.74, 6) is -2.17. The predicted octanol–water partition coefficient (Wildman–Crippen LogP) is 5.46. The van der Waals surface area contributed by atoms with Gasteiger partial charge in [0.2, 0.25) is 0 Å². The Labute approximate surface area is 315 Å². The van der Waals surface area contributed by atoms with Gasteiger partial charge in [-0.2, -0.15) is 0 Å². The number of carbonyl (C=O) groups is 4. The van der Waals surface area contributed by atoms with Crippen molar-refractivity contribution in [2.45, 2.75) is 50.3 Å². The van der Waals surface area contributed by atoms with E-state index in [1.165, 1.54) is 42.0 Å². The van der Waals surface area contributed by atoms with E-state index in [2.05, 4.69) is 52.2 Å². The summed E-state index contributed by atoms with van der Waals surface area (Å²) < 4.78 is 10.8. The van der Waals surface area contributed by atoms with Crippen LogP contribution in [0.5, 0.6) is 0 Å². The van der Waals surface area contributed by atoms with Crippen molar-refractivity contribution in [2.75, 3.05) is 24.8 Å². The van der Waals surface area contributed by atoms with Gasteiger partial charge >= 0.3 is 11.9 Å². The van der Waals surface area contributed by atoms with Gasteiger partial charge in [-0.15, -0.1) is 23.1 Å². The number of ether oxygens (including phenoxy) is 2. The third-order valence-corrected chi connectivity index (χ3v) is 10.5. The summed E-state index contributed by atoms with van der Waals surface area (Å²) in [6.45, 7) is 6.24. The molecule has 2 N–H and O–H groups in total. The van der Waals surface area contributed by atoms with Crippen molar-refractivity contribution >= 4 is 57.7 Å². The fourth-order valence-corrected chi connectivity index (χ4v) is 8.26. The molecule has 0 spiro atoms. The first kappa shape index (κ1) is 37.3. The zero-order valence-corrected chi connectivity index (χ0v) is 31.5. The molecule has 53 heavy (non-hydrogen) atoms. The zero-order valence-electron chi connectivity index (χ0n) is 29.8. The number of β-lactam (4-membered cyclic amide) rings is 1. The van der Waals surface area contributed by atoms with E-state index in [1.54, 1.807) is 26.2 Å². The lowest BCUT2D eigenvalue weighted by molar-refractivity contribution is -0.159. The first-order valence-corrected chi connectivity index (χ1v) is 18.7. The lowest BCUT2D eigenvalue weighted by Crippen LogP contribution is -2.71. The Morgan fingerprint density at radius 3 is 2.00 bits per heavy atom. The summed E-state index contributed by atoms with van der Waals surface area (Å²) in [5.41, 5.74) is 1.80. The van der Waals surface area contributed by atoms with Crippen molar-refractivity contribution in [3.8, 4) is 0 Å². The number of nitrogens with one attached hydrogen (secondary N) is 2. The van der Waals surface area contributed by atoms with Crippen molar-refractivity contribution in [3.05, 3.63) is 130 Å². The molecule has 2 aliphatic heterocycles. The number of fused-ring (bicyclic) bond motifs is 1. The lowest BCUT2D eigenvalue weighted by atomic mass is 9.77. The average Bonchev–Trinajstić information content (AvgIpc) is 3.61. The standard InChI is InChI=1S/C39H39N5O7S2/c1-24(45)50-21-25-22-52-35-31(34(47)44(35)32(25)36(48)51-38(2,3)4)41-33(46)30(43-49-5)29-23-53-37(40-29)42-39(26-15-9-6-10-16-26,27-17-11-7-12-18-27)28-19-13-8-14-20-28/h6-20,23,31,35H,21-22H2,1-5H3,(H,40,42)(H,41,46)/b43-30-/t31?,35-/m1/s1. The number of thioether (sulfide) groups is 1. The summed E-state index contributed by atoms with van der Waals surface area (Å²) in [4.78, 5) is 63.5. The molecule has 3 aromatic carbocycles. The molecule has 274 valence electrons. The molecule has 0 radical (unpaired) electrons. The minimum atomic E-state index is -0.986. The summed E-state index contributed by atoms with van der Waals surface area (Å²) in [6, 6.07) is 29.1. The molecule has 3 heterocycles. The summed E-state index contributed by atoms with van der Waals surface area (Å²) in [5, 5.41) is 12.1. The van der Waals surface area contributed by atoms with Crippen LogP contribution in [0.2, 0.25) is 0 Å². The van der Waals surface area contributed by atoms with Crippen LogP contribution in [0.25, 0.3) is 0 Å². The molecule has 1 unspecified atom stereocenters. The zero-order chi connectivity index (χ0) is 37.8. The second kappa shape index (κ2) is 15.6. The smallest absolute Gasteiger partial charge is 0.355 e. The molecule has 0 aliphatic carbocycles. The highest BCUT2D eigenvalue weighted by Gasteiger charge is 2.55. The Kier molecular flexibility index (Phi) is 11.0. The van der Waals surface area contributed by atoms with Gasteiger partial charge in [0, 0.05) is 23.6 Å². The van der Waals surface area contributed by atoms with Crippen molar-refractivity contribution in [2.24, 2.45) is 5.16 Å². The fraction of sp³-hybridized carbons (Fsp3) is 0.282. The van der Waals surface area contributed by atoms with Gasteiger partial charge in [-0.05, 0) is 37.5 Å². The molecule has 1 saturated heterocycles. The fourth-order valence-electron chi connectivity index (χ4n) is 6.18. The van der Waals surface area contributed by atoms with Gasteiger partial charge in [0.15, 0.2) is 10.8 Å². The monoisotopic (exact) mass is 753 g/mol. The van der Waals surface area contributed by atoms with Crippen LogP contribution >= 0.6 is 23.1 Å². The highest BCUT2D eigenvalue weighted by molar-refractivity contribution is 8.00. The molecule has 4 aromatic rings. The third kappa shape index (κ3) is 7.83. The highest BCUT2D eigenvalue weighted by atomic mass is 32.2. The Morgan fingerprint density at radius 1 is 0.925 bits per heavy atom. The summed E-state index contributed by atoms with van der Waals surface area (Å²) in [6.07, 6.45) is 0. The molecule has 1 aromatic heterocycles. The van der Waals surface area contributed by atoms with Gasteiger partial charge in [0.25, 0.3) is 11.8 Å². The number of aromatic nitrogens is 1. The van der Waals surface area contributed by atoms with Crippen molar-refractivity contribution in [1.82, 2.24) is 15.2 Å². The minimum absolute atomic E-state index is 0.0140. The maximum absolute atomic E-state index is 13.8. The van der Waals surface area contributed by atoms with Crippen LogP contribution < -0.4 is 10.6 Å². The number of rotatable bonds is 12. The van der Waals surface area contributed by atoms with Gasteiger partial charge in [-0.3, -0.25) is 19.3 Å². The average molecular weight is 754 g/mol. The van der Waals surface area contributed by atoms with Crippen LogP contribution in [0.1, 0.15) is 50.1 Å². The van der Waals surface area contributed by atoms with E-state index in [0.717, 1.165) is 16.7 Å². The molecule has 12 nitrogen and oxygen atoms in total. The van der Waals surface area contributed by atoms with Crippen LogP contribution in [0.4, 0.5) is 5.13 Å². The number of oxime groups is 1.